The maximum atomic E-state index is 12.6. The molecule has 0 spiro atoms. The summed E-state index contributed by atoms with van der Waals surface area (Å²) in [4.78, 5) is 14.2. The SMILES string of the molecule is N#Cc1cccc(C(O)N2C[C@H](O)C[C@H]2C(=O)NCc2ccc(Cl)cc2)c1. The van der Waals surface area contributed by atoms with Crippen LogP contribution < -0.4 is 5.32 Å². The van der Waals surface area contributed by atoms with Gasteiger partial charge in [-0.2, -0.15) is 5.26 Å². The summed E-state index contributed by atoms with van der Waals surface area (Å²) < 4.78 is 0. The Morgan fingerprint density at radius 3 is 2.78 bits per heavy atom. The van der Waals surface area contributed by atoms with Crippen LogP contribution in [0.5, 0.6) is 0 Å². The summed E-state index contributed by atoms with van der Waals surface area (Å²) in [7, 11) is 0. The van der Waals surface area contributed by atoms with Crippen LogP contribution in [0.1, 0.15) is 29.3 Å². The molecule has 1 aliphatic heterocycles. The molecule has 1 saturated heterocycles. The van der Waals surface area contributed by atoms with Crippen molar-refractivity contribution in [3.63, 3.8) is 0 Å². The molecule has 7 heteroatoms. The Morgan fingerprint density at radius 2 is 2.07 bits per heavy atom. The van der Waals surface area contributed by atoms with Crippen LogP contribution in [-0.4, -0.2) is 39.7 Å². The number of halogens is 1. The topological polar surface area (TPSA) is 96.6 Å². The van der Waals surface area contributed by atoms with Crippen LogP contribution in [0, 0.1) is 11.3 Å². The van der Waals surface area contributed by atoms with Crippen LogP contribution in [0.3, 0.4) is 0 Å². The molecule has 3 atom stereocenters. The number of nitrogens with one attached hydrogen (secondary N) is 1. The van der Waals surface area contributed by atoms with E-state index in [0.717, 1.165) is 5.56 Å². The number of amides is 1. The van der Waals surface area contributed by atoms with E-state index in [1.54, 1.807) is 41.3 Å². The molecule has 3 N–H and O–H groups in total. The fourth-order valence-corrected chi connectivity index (χ4v) is 3.36. The normalized spacial score (nSPS) is 20.8. The lowest BCUT2D eigenvalue weighted by atomic mass is 10.1. The number of carbonyl (C=O) groups excluding carboxylic acids is 1. The minimum Gasteiger partial charge on any atom is -0.392 e. The first kappa shape index (κ1) is 19.3. The van der Waals surface area contributed by atoms with Crippen molar-refractivity contribution in [3.05, 3.63) is 70.2 Å². The Balaban J connectivity index is 1.70. The van der Waals surface area contributed by atoms with Crippen LogP contribution in [-0.2, 0) is 11.3 Å². The predicted molar refractivity (Wildman–Crippen MR) is 101 cm³/mol. The molecule has 0 aromatic heterocycles. The number of hydrogen-bond acceptors (Lipinski definition) is 5. The molecule has 0 aliphatic carbocycles. The number of likely N-dealkylation sites (tertiary alicyclic amines) is 1. The Kier molecular flexibility index (Phi) is 6.09. The van der Waals surface area contributed by atoms with Crippen LogP contribution in [0.15, 0.2) is 48.5 Å². The summed E-state index contributed by atoms with van der Waals surface area (Å²) in [6, 6.07) is 15.1. The van der Waals surface area contributed by atoms with E-state index in [0.29, 0.717) is 22.7 Å². The molecule has 2 aromatic rings. The molecule has 1 amide bonds. The third-order valence-electron chi connectivity index (χ3n) is 4.63. The van der Waals surface area contributed by atoms with Gasteiger partial charge in [-0.15, -0.1) is 0 Å². The van der Waals surface area contributed by atoms with Crippen molar-refractivity contribution in [3.8, 4) is 6.07 Å². The van der Waals surface area contributed by atoms with Gasteiger partial charge in [-0.05, 0) is 41.8 Å². The summed E-state index contributed by atoms with van der Waals surface area (Å²) >= 11 is 5.86. The third kappa shape index (κ3) is 4.65. The second-order valence-electron chi connectivity index (χ2n) is 6.56. The zero-order valence-corrected chi connectivity index (χ0v) is 15.3. The number of carbonyl (C=O) groups is 1. The van der Waals surface area contributed by atoms with Gasteiger partial charge in [0.1, 0.15) is 6.23 Å². The van der Waals surface area contributed by atoms with Crippen molar-refractivity contribution in [1.82, 2.24) is 10.2 Å². The van der Waals surface area contributed by atoms with E-state index in [9.17, 15) is 15.0 Å². The van der Waals surface area contributed by atoms with Crippen molar-refractivity contribution in [2.24, 2.45) is 0 Å². The van der Waals surface area contributed by atoms with Crippen LogP contribution >= 0.6 is 11.6 Å². The summed E-state index contributed by atoms with van der Waals surface area (Å²) in [5.41, 5.74) is 1.84. The van der Waals surface area contributed by atoms with Gasteiger partial charge in [-0.25, -0.2) is 0 Å². The lowest BCUT2D eigenvalue weighted by Crippen LogP contribution is -2.44. The van der Waals surface area contributed by atoms with Gasteiger partial charge in [0.05, 0.1) is 23.8 Å². The molecular weight excluding hydrogens is 366 g/mol. The molecule has 0 saturated carbocycles. The highest BCUT2D eigenvalue weighted by atomic mass is 35.5. The Bertz CT molecular complexity index is 850. The Labute approximate surface area is 162 Å². The minimum absolute atomic E-state index is 0.178. The zero-order chi connectivity index (χ0) is 19.4. The molecule has 6 nitrogen and oxygen atoms in total. The average Bonchev–Trinajstić information content (AvgIpc) is 3.08. The fraction of sp³-hybridized carbons (Fsp3) is 0.300. The number of benzene rings is 2. The van der Waals surface area contributed by atoms with Crippen molar-refractivity contribution in [1.29, 1.82) is 5.26 Å². The summed E-state index contributed by atoms with van der Waals surface area (Å²) in [6.45, 7) is 0.507. The number of nitrogens with zero attached hydrogens (tertiary/aromatic N) is 2. The maximum absolute atomic E-state index is 12.6. The van der Waals surface area contributed by atoms with Gasteiger partial charge >= 0.3 is 0 Å². The zero-order valence-electron chi connectivity index (χ0n) is 14.5. The number of hydrogen-bond donors (Lipinski definition) is 3. The highest BCUT2D eigenvalue weighted by Crippen LogP contribution is 2.28. The monoisotopic (exact) mass is 385 g/mol. The molecule has 1 unspecified atom stereocenters. The van der Waals surface area contributed by atoms with Gasteiger partial charge in [0.15, 0.2) is 0 Å². The van der Waals surface area contributed by atoms with Gasteiger partial charge in [0, 0.05) is 18.1 Å². The first-order valence-corrected chi connectivity index (χ1v) is 9.00. The molecule has 140 valence electrons. The second-order valence-corrected chi connectivity index (χ2v) is 6.99. The number of rotatable bonds is 5. The number of aliphatic hydroxyl groups excluding tert-OH is 2. The van der Waals surface area contributed by atoms with Crippen molar-refractivity contribution >= 4 is 17.5 Å². The van der Waals surface area contributed by atoms with E-state index in [2.05, 4.69) is 5.32 Å². The quantitative estimate of drug-likeness (QED) is 0.731. The highest BCUT2D eigenvalue weighted by Gasteiger charge is 2.39. The Hall–Kier alpha value is -2.43. The molecular formula is C20H20ClN3O3. The van der Waals surface area contributed by atoms with E-state index in [4.69, 9.17) is 16.9 Å². The van der Waals surface area contributed by atoms with Crippen LogP contribution in [0.2, 0.25) is 5.02 Å². The van der Waals surface area contributed by atoms with E-state index in [1.807, 2.05) is 18.2 Å². The van der Waals surface area contributed by atoms with Gasteiger partial charge < -0.3 is 15.5 Å². The molecule has 3 rings (SSSR count). The molecule has 2 aromatic carbocycles. The third-order valence-corrected chi connectivity index (χ3v) is 4.88. The number of nitriles is 1. The minimum atomic E-state index is -1.08. The number of β-amino-alcohol motifs (C(OH)–C–C–N with tert-alkyl or cyclic N) is 1. The molecule has 1 aliphatic rings. The van der Waals surface area contributed by atoms with Crippen molar-refractivity contribution in [2.75, 3.05) is 6.54 Å². The number of aliphatic hydroxyl groups is 2. The molecule has 1 heterocycles. The summed E-state index contributed by atoms with van der Waals surface area (Å²) in [5, 5.41) is 33.2. The lowest BCUT2D eigenvalue weighted by molar-refractivity contribution is -0.129. The fourth-order valence-electron chi connectivity index (χ4n) is 3.24. The van der Waals surface area contributed by atoms with Crippen molar-refractivity contribution < 1.29 is 15.0 Å². The standard InChI is InChI=1S/C20H20ClN3O3/c21-16-6-4-13(5-7-16)11-23-19(26)18-9-17(25)12-24(18)20(27)15-3-1-2-14(8-15)10-22/h1-8,17-18,20,25,27H,9,11-12H2,(H,23,26)/t17-,18+,20?/m1/s1. The van der Waals surface area contributed by atoms with Crippen molar-refractivity contribution in [2.45, 2.75) is 31.3 Å². The van der Waals surface area contributed by atoms with Gasteiger partial charge in [0.2, 0.25) is 5.91 Å². The average molecular weight is 386 g/mol. The molecule has 1 fully saturated rings. The maximum Gasteiger partial charge on any atom is 0.237 e. The van der Waals surface area contributed by atoms with Gasteiger partial charge in [-0.3, -0.25) is 9.69 Å². The first-order chi connectivity index (χ1) is 13.0. The molecule has 0 bridgehead atoms. The van der Waals surface area contributed by atoms with Gasteiger partial charge in [-0.1, -0.05) is 35.9 Å². The van der Waals surface area contributed by atoms with E-state index >= 15 is 0 Å². The molecule has 0 radical (unpaired) electrons. The van der Waals surface area contributed by atoms with E-state index in [1.165, 1.54) is 0 Å². The summed E-state index contributed by atoms with van der Waals surface area (Å²) in [6.07, 6.45) is -1.55. The first-order valence-electron chi connectivity index (χ1n) is 8.62. The molecule has 27 heavy (non-hydrogen) atoms. The Morgan fingerprint density at radius 1 is 1.33 bits per heavy atom. The highest BCUT2D eigenvalue weighted by molar-refractivity contribution is 6.30. The van der Waals surface area contributed by atoms with Gasteiger partial charge in [0.25, 0.3) is 0 Å². The smallest absolute Gasteiger partial charge is 0.237 e. The summed E-state index contributed by atoms with van der Waals surface area (Å²) in [5.74, 6) is -0.267. The van der Waals surface area contributed by atoms with Crippen LogP contribution in [0.25, 0.3) is 0 Å². The largest absolute Gasteiger partial charge is 0.392 e. The van der Waals surface area contributed by atoms with E-state index in [-0.39, 0.29) is 18.9 Å². The van der Waals surface area contributed by atoms with Crippen LogP contribution in [0.4, 0.5) is 0 Å². The predicted octanol–water partition coefficient (Wildman–Crippen LogP) is 1.95. The second kappa shape index (κ2) is 8.51. The van der Waals surface area contributed by atoms with E-state index < -0.39 is 18.4 Å². The lowest BCUT2D eigenvalue weighted by Gasteiger charge is -2.28.